The number of carbonyl (C=O) groups is 1. The van der Waals surface area contributed by atoms with Gasteiger partial charge in [-0.3, -0.25) is 4.79 Å². The van der Waals surface area contributed by atoms with Crippen LogP contribution in [-0.2, 0) is 14.8 Å². The Balaban J connectivity index is 1.33. The Hall–Kier alpha value is -2.13. The summed E-state index contributed by atoms with van der Waals surface area (Å²) < 4.78 is 26.9. The summed E-state index contributed by atoms with van der Waals surface area (Å²) in [7, 11) is -3.58. The van der Waals surface area contributed by atoms with E-state index < -0.39 is 10.0 Å². The van der Waals surface area contributed by atoms with Crippen LogP contribution in [-0.4, -0.2) is 60.4 Å². The molecule has 9 heteroatoms. The molecule has 4 rings (SSSR count). The number of nitrogens with zero attached hydrogens (tertiary/aromatic N) is 3. The zero-order chi connectivity index (χ0) is 21.1. The molecule has 0 atom stereocenters. The fraction of sp³-hybridized carbons (Fsp3) is 0.238. The van der Waals surface area contributed by atoms with E-state index in [-0.39, 0.29) is 29.6 Å². The van der Waals surface area contributed by atoms with Crippen molar-refractivity contribution in [3.05, 3.63) is 65.7 Å². The third-order valence-corrected chi connectivity index (χ3v) is 8.04. The highest BCUT2D eigenvalue weighted by atomic mass is 35.5. The number of benzene rings is 2. The average molecular weight is 462 g/mol. The maximum absolute atomic E-state index is 12.8. The van der Waals surface area contributed by atoms with Crippen molar-refractivity contribution in [2.45, 2.75) is 9.92 Å². The second-order valence-electron chi connectivity index (χ2n) is 6.87. The molecule has 0 spiro atoms. The normalized spacial score (nSPS) is 15.4. The Morgan fingerprint density at radius 1 is 0.967 bits per heavy atom. The number of halogens is 1. The van der Waals surface area contributed by atoms with Gasteiger partial charge in [0.05, 0.1) is 21.2 Å². The van der Waals surface area contributed by atoms with Gasteiger partial charge in [-0.15, -0.1) is 0 Å². The fourth-order valence-corrected chi connectivity index (χ4v) is 5.62. The standard InChI is InChI=1S/C21H20ClN3O3S2/c22-17-6-8-18(9-7-17)30(27,28)25-13-11-24(12-14-25)21(26)15-29-20-10-5-16-3-1-2-4-19(16)23-20/h1-10H,11-15H2. The Morgan fingerprint density at radius 2 is 1.67 bits per heavy atom. The second kappa shape index (κ2) is 8.93. The van der Waals surface area contributed by atoms with Gasteiger partial charge < -0.3 is 4.90 Å². The van der Waals surface area contributed by atoms with Crippen LogP contribution in [0.3, 0.4) is 0 Å². The van der Waals surface area contributed by atoms with Crippen molar-refractivity contribution < 1.29 is 13.2 Å². The van der Waals surface area contributed by atoms with E-state index in [1.54, 1.807) is 17.0 Å². The Kier molecular flexibility index (Phi) is 6.29. The molecule has 1 saturated heterocycles. The lowest BCUT2D eigenvalue weighted by molar-refractivity contribution is -0.129. The summed E-state index contributed by atoms with van der Waals surface area (Å²) in [6.07, 6.45) is 0. The molecule has 0 bridgehead atoms. The van der Waals surface area contributed by atoms with Gasteiger partial charge in [-0.1, -0.05) is 47.6 Å². The maximum atomic E-state index is 12.8. The molecule has 1 fully saturated rings. The van der Waals surface area contributed by atoms with Gasteiger partial charge in [0, 0.05) is 36.6 Å². The predicted octanol–water partition coefficient (Wildman–Crippen LogP) is 3.51. The highest BCUT2D eigenvalue weighted by Crippen LogP contribution is 2.22. The summed E-state index contributed by atoms with van der Waals surface area (Å²) in [5.41, 5.74) is 0.899. The molecule has 0 unspecified atom stereocenters. The predicted molar refractivity (Wildman–Crippen MR) is 119 cm³/mol. The van der Waals surface area contributed by atoms with Crippen molar-refractivity contribution in [2.24, 2.45) is 0 Å². The van der Waals surface area contributed by atoms with Crippen LogP contribution in [0.2, 0.25) is 5.02 Å². The first-order chi connectivity index (χ1) is 14.4. The number of hydrogen-bond acceptors (Lipinski definition) is 5. The van der Waals surface area contributed by atoms with E-state index in [0.29, 0.717) is 18.1 Å². The van der Waals surface area contributed by atoms with Crippen LogP contribution < -0.4 is 0 Å². The number of rotatable bonds is 5. The molecule has 3 aromatic rings. The minimum atomic E-state index is -3.58. The molecule has 0 saturated carbocycles. The summed E-state index contributed by atoms with van der Waals surface area (Å²) in [4.78, 5) is 19.1. The van der Waals surface area contributed by atoms with E-state index in [0.717, 1.165) is 15.9 Å². The molecule has 1 aromatic heterocycles. The fourth-order valence-electron chi connectivity index (χ4n) is 3.29. The minimum absolute atomic E-state index is 0.0153. The van der Waals surface area contributed by atoms with Crippen LogP contribution >= 0.6 is 23.4 Å². The lowest BCUT2D eigenvalue weighted by Gasteiger charge is -2.34. The molecule has 1 amide bonds. The molecule has 6 nitrogen and oxygen atoms in total. The third-order valence-electron chi connectivity index (χ3n) is 4.96. The van der Waals surface area contributed by atoms with E-state index in [1.807, 2.05) is 36.4 Å². The van der Waals surface area contributed by atoms with Crippen LogP contribution in [0.4, 0.5) is 0 Å². The SMILES string of the molecule is O=C(CSc1ccc2ccccc2n1)N1CCN(S(=O)(=O)c2ccc(Cl)cc2)CC1. The second-order valence-corrected chi connectivity index (χ2v) is 10.2. The first-order valence-electron chi connectivity index (χ1n) is 9.45. The van der Waals surface area contributed by atoms with Crippen LogP contribution in [0.25, 0.3) is 10.9 Å². The lowest BCUT2D eigenvalue weighted by atomic mass is 10.2. The van der Waals surface area contributed by atoms with Crippen LogP contribution in [0, 0.1) is 0 Å². The third kappa shape index (κ3) is 4.62. The number of sulfonamides is 1. The summed E-state index contributed by atoms with van der Waals surface area (Å²) >= 11 is 7.24. The molecule has 2 aromatic carbocycles. The van der Waals surface area contributed by atoms with Gasteiger partial charge in [-0.05, 0) is 36.4 Å². The molecule has 2 heterocycles. The van der Waals surface area contributed by atoms with E-state index in [9.17, 15) is 13.2 Å². The van der Waals surface area contributed by atoms with Gasteiger partial charge >= 0.3 is 0 Å². The smallest absolute Gasteiger partial charge is 0.243 e. The Labute approximate surface area is 184 Å². The minimum Gasteiger partial charge on any atom is -0.339 e. The van der Waals surface area contributed by atoms with E-state index in [4.69, 9.17) is 11.6 Å². The van der Waals surface area contributed by atoms with Crippen LogP contribution in [0.5, 0.6) is 0 Å². The van der Waals surface area contributed by atoms with E-state index >= 15 is 0 Å². The number of fused-ring (bicyclic) bond motifs is 1. The maximum Gasteiger partial charge on any atom is 0.243 e. The first-order valence-corrected chi connectivity index (χ1v) is 12.3. The number of hydrogen-bond donors (Lipinski definition) is 0. The van der Waals surface area contributed by atoms with Crippen LogP contribution in [0.1, 0.15) is 0 Å². The molecule has 0 aliphatic carbocycles. The summed E-state index contributed by atoms with van der Waals surface area (Å²) in [6.45, 7) is 1.29. The van der Waals surface area contributed by atoms with Crippen molar-refractivity contribution in [3.63, 3.8) is 0 Å². The number of amides is 1. The van der Waals surface area contributed by atoms with Gasteiger partial charge in [0.25, 0.3) is 0 Å². The zero-order valence-electron chi connectivity index (χ0n) is 16.1. The number of thioether (sulfide) groups is 1. The molecule has 0 radical (unpaired) electrons. The highest BCUT2D eigenvalue weighted by molar-refractivity contribution is 7.99. The molecular weight excluding hydrogens is 442 g/mol. The van der Waals surface area contributed by atoms with E-state index in [2.05, 4.69) is 4.98 Å². The van der Waals surface area contributed by atoms with Gasteiger partial charge in [0.1, 0.15) is 0 Å². The number of pyridine rings is 1. The summed E-state index contributed by atoms with van der Waals surface area (Å²) in [6, 6.07) is 17.9. The van der Waals surface area contributed by atoms with Gasteiger partial charge in [0.2, 0.25) is 15.9 Å². The average Bonchev–Trinajstić information content (AvgIpc) is 2.77. The van der Waals surface area contributed by atoms with Crippen LogP contribution in [0.15, 0.2) is 70.6 Å². The molecule has 0 N–H and O–H groups in total. The van der Waals surface area contributed by atoms with Gasteiger partial charge in [-0.25, -0.2) is 13.4 Å². The van der Waals surface area contributed by atoms with Gasteiger partial charge in [-0.2, -0.15) is 4.31 Å². The summed E-state index contributed by atoms with van der Waals surface area (Å²) in [5.74, 6) is 0.258. The van der Waals surface area contributed by atoms with Crippen molar-refractivity contribution in [3.8, 4) is 0 Å². The quantitative estimate of drug-likeness (QED) is 0.544. The monoisotopic (exact) mass is 461 g/mol. The van der Waals surface area contributed by atoms with Crippen molar-refractivity contribution in [2.75, 3.05) is 31.9 Å². The van der Waals surface area contributed by atoms with Crippen molar-refractivity contribution in [1.82, 2.24) is 14.2 Å². The molecule has 1 aliphatic rings. The zero-order valence-corrected chi connectivity index (χ0v) is 18.5. The topological polar surface area (TPSA) is 70.6 Å². The molecule has 30 heavy (non-hydrogen) atoms. The molecular formula is C21H20ClN3O3S2. The van der Waals surface area contributed by atoms with Gasteiger partial charge in [0.15, 0.2) is 0 Å². The summed E-state index contributed by atoms with van der Waals surface area (Å²) in [5, 5.41) is 2.35. The van der Waals surface area contributed by atoms with Crippen molar-refractivity contribution in [1.29, 1.82) is 0 Å². The lowest BCUT2D eigenvalue weighted by Crippen LogP contribution is -2.50. The number of piperazine rings is 1. The Bertz CT molecular complexity index is 1160. The molecule has 1 aliphatic heterocycles. The first kappa shape index (κ1) is 21.1. The molecule has 156 valence electrons. The number of carbonyl (C=O) groups excluding carboxylic acids is 1. The van der Waals surface area contributed by atoms with E-state index in [1.165, 1.54) is 28.2 Å². The van der Waals surface area contributed by atoms with Crippen molar-refractivity contribution >= 4 is 50.2 Å². The number of para-hydroxylation sites is 1. The Morgan fingerprint density at radius 3 is 2.40 bits per heavy atom. The highest BCUT2D eigenvalue weighted by Gasteiger charge is 2.30. The number of aromatic nitrogens is 1. The largest absolute Gasteiger partial charge is 0.339 e.